The summed E-state index contributed by atoms with van der Waals surface area (Å²) in [5, 5.41) is 7.59. The molecule has 0 aliphatic heterocycles. The second kappa shape index (κ2) is 12.2. The van der Waals surface area contributed by atoms with Crippen LogP contribution in [0.3, 0.4) is 0 Å². The molecule has 4 amide bonds. The third kappa shape index (κ3) is 7.34. The molecule has 3 aromatic rings. The molecule has 0 radical (unpaired) electrons. The van der Waals surface area contributed by atoms with E-state index in [1.807, 2.05) is 12.1 Å². The Balaban J connectivity index is 1.59. The van der Waals surface area contributed by atoms with Gasteiger partial charge in [0.25, 0.3) is 11.8 Å². The van der Waals surface area contributed by atoms with Gasteiger partial charge in [0.15, 0.2) is 0 Å². The Bertz CT molecular complexity index is 1210. The molecule has 3 N–H and O–H groups in total. The molecule has 0 unspecified atom stereocenters. The van der Waals surface area contributed by atoms with Gasteiger partial charge in [-0.2, -0.15) is 0 Å². The molecule has 0 atom stereocenters. The Labute approximate surface area is 206 Å². The fourth-order valence-corrected chi connectivity index (χ4v) is 3.72. The number of hydrogen-bond acceptors (Lipinski definition) is 7. The van der Waals surface area contributed by atoms with Crippen molar-refractivity contribution in [1.29, 1.82) is 0 Å². The van der Waals surface area contributed by atoms with Gasteiger partial charge >= 0.3 is 6.03 Å². The topological polar surface area (TPSA) is 119 Å². The van der Waals surface area contributed by atoms with Crippen LogP contribution in [0.15, 0.2) is 83.2 Å². The zero-order valence-electron chi connectivity index (χ0n) is 19.2. The van der Waals surface area contributed by atoms with Crippen LogP contribution >= 0.6 is 11.8 Å². The van der Waals surface area contributed by atoms with E-state index in [1.54, 1.807) is 42.6 Å². The number of urea groups is 1. The van der Waals surface area contributed by atoms with Crippen LogP contribution in [0.1, 0.15) is 20.8 Å². The Morgan fingerprint density at radius 3 is 2.26 bits per heavy atom. The van der Waals surface area contributed by atoms with Gasteiger partial charge in [0.1, 0.15) is 17.2 Å². The van der Waals surface area contributed by atoms with Crippen molar-refractivity contribution in [2.45, 2.75) is 9.79 Å². The van der Waals surface area contributed by atoms with Gasteiger partial charge in [-0.3, -0.25) is 19.9 Å². The Morgan fingerprint density at radius 1 is 0.943 bits per heavy atom. The normalized spacial score (nSPS) is 10.1. The van der Waals surface area contributed by atoms with E-state index in [2.05, 4.69) is 27.5 Å². The van der Waals surface area contributed by atoms with E-state index in [1.165, 1.54) is 38.1 Å². The Hall–Kier alpha value is -4.31. The number of aromatic nitrogens is 1. The summed E-state index contributed by atoms with van der Waals surface area (Å²) in [6.07, 6.45) is 3.17. The van der Waals surface area contributed by atoms with Gasteiger partial charge in [-0.1, -0.05) is 17.8 Å². The quantitative estimate of drug-likeness (QED) is 0.384. The maximum absolute atomic E-state index is 12.4. The zero-order valence-corrected chi connectivity index (χ0v) is 20.0. The molecule has 1 heterocycles. The summed E-state index contributed by atoms with van der Waals surface area (Å²) in [6.45, 7) is 3.93. The predicted molar refractivity (Wildman–Crippen MR) is 133 cm³/mol. The summed E-state index contributed by atoms with van der Waals surface area (Å²) in [4.78, 5) is 42.6. The van der Waals surface area contributed by atoms with Crippen LogP contribution in [-0.2, 0) is 0 Å². The molecule has 10 heteroatoms. The van der Waals surface area contributed by atoms with Gasteiger partial charge in [0.2, 0.25) is 0 Å². The highest BCUT2D eigenvalue weighted by molar-refractivity contribution is 7.99. The summed E-state index contributed by atoms with van der Waals surface area (Å²) in [6, 6.07) is 14.5. The number of amides is 4. The van der Waals surface area contributed by atoms with Crippen LogP contribution in [0, 0.1) is 0 Å². The first kappa shape index (κ1) is 25.3. The average molecular weight is 493 g/mol. The van der Waals surface area contributed by atoms with E-state index in [0.29, 0.717) is 29.4 Å². The van der Waals surface area contributed by atoms with Gasteiger partial charge in [0, 0.05) is 39.8 Å². The number of hydrogen-bond donors (Lipinski definition) is 3. The first-order valence-electron chi connectivity index (χ1n) is 10.4. The maximum atomic E-state index is 12.4. The third-order valence-corrected chi connectivity index (χ3v) is 5.56. The molecule has 9 nitrogen and oxygen atoms in total. The van der Waals surface area contributed by atoms with Gasteiger partial charge in [-0.15, -0.1) is 6.58 Å². The second-order valence-corrected chi connectivity index (χ2v) is 8.16. The number of benzene rings is 2. The Morgan fingerprint density at radius 2 is 1.63 bits per heavy atom. The summed E-state index contributed by atoms with van der Waals surface area (Å²) in [7, 11) is 2.94. The lowest BCUT2D eigenvalue weighted by atomic mass is 10.2. The maximum Gasteiger partial charge on any atom is 0.326 e. The second-order valence-electron chi connectivity index (χ2n) is 7.01. The lowest BCUT2D eigenvalue weighted by molar-refractivity contribution is 0.0948. The molecule has 0 bridgehead atoms. The molecular formula is C25H24N4O5S. The van der Waals surface area contributed by atoms with E-state index in [9.17, 15) is 14.4 Å². The number of anilines is 1. The molecule has 3 rings (SSSR count). The van der Waals surface area contributed by atoms with Gasteiger partial charge < -0.3 is 20.1 Å². The van der Waals surface area contributed by atoms with Crippen molar-refractivity contribution in [2.24, 2.45) is 0 Å². The fraction of sp³-hybridized carbons (Fsp3) is 0.120. The number of rotatable bonds is 9. The number of carbonyl (C=O) groups excluding carboxylic acids is 3. The molecule has 0 fully saturated rings. The number of nitrogens with one attached hydrogen (secondary N) is 3. The molecule has 0 aliphatic carbocycles. The van der Waals surface area contributed by atoms with E-state index in [-0.39, 0.29) is 11.5 Å². The van der Waals surface area contributed by atoms with Crippen molar-refractivity contribution in [3.63, 3.8) is 0 Å². The minimum Gasteiger partial charge on any atom is -0.497 e. The summed E-state index contributed by atoms with van der Waals surface area (Å²) < 4.78 is 10.3. The van der Waals surface area contributed by atoms with Crippen LogP contribution in [-0.4, -0.2) is 43.6 Å². The van der Waals surface area contributed by atoms with Crippen LogP contribution in [0.4, 0.5) is 10.5 Å². The minimum absolute atomic E-state index is 0.220. The highest BCUT2D eigenvalue weighted by atomic mass is 32.2. The summed E-state index contributed by atoms with van der Waals surface area (Å²) in [5.74, 6) is -0.0132. The fourth-order valence-electron chi connectivity index (χ4n) is 2.87. The van der Waals surface area contributed by atoms with Crippen LogP contribution in [0.2, 0.25) is 0 Å². The zero-order chi connectivity index (χ0) is 25.2. The number of carbonyl (C=O) groups is 3. The van der Waals surface area contributed by atoms with E-state index < -0.39 is 11.9 Å². The summed E-state index contributed by atoms with van der Waals surface area (Å²) >= 11 is 1.44. The lowest BCUT2D eigenvalue weighted by Gasteiger charge is -2.10. The van der Waals surface area contributed by atoms with Crippen molar-refractivity contribution in [1.82, 2.24) is 15.6 Å². The number of nitrogens with zero attached hydrogens (tertiary/aromatic N) is 1. The highest BCUT2D eigenvalue weighted by Gasteiger charge is 2.14. The molecular weight excluding hydrogens is 468 g/mol. The molecule has 0 saturated heterocycles. The molecule has 0 spiro atoms. The Kier molecular flexibility index (Phi) is 8.85. The van der Waals surface area contributed by atoms with Gasteiger partial charge in [0.05, 0.1) is 14.2 Å². The molecule has 0 aliphatic rings. The standard InChI is InChI=1S/C25H24N4O5S/c1-4-10-27-24(31)22-15-21(9-11-26-22)35-20-7-5-17(6-8-20)28-25(32)29-23(30)16-12-18(33-2)14-19(13-16)34-3/h4-9,11-15H,1,10H2,2-3H3,(H,27,31)(H2,28,29,30,32). The van der Waals surface area contributed by atoms with E-state index >= 15 is 0 Å². The van der Waals surface area contributed by atoms with Crippen molar-refractivity contribution in [3.8, 4) is 11.5 Å². The van der Waals surface area contributed by atoms with Crippen molar-refractivity contribution in [3.05, 3.63) is 84.7 Å². The largest absolute Gasteiger partial charge is 0.497 e. The number of ether oxygens (including phenoxy) is 2. The molecule has 35 heavy (non-hydrogen) atoms. The van der Waals surface area contributed by atoms with E-state index in [4.69, 9.17) is 9.47 Å². The van der Waals surface area contributed by atoms with Crippen LogP contribution in [0.5, 0.6) is 11.5 Å². The number of methoxy groups -OCH3 is 2. The lowest BCUT2D eigenvalue weighted by Crippen LogP contribution is -2.34. The highest BCUT2D eigenvalue weighted by Crippen LogP contribution is 2.28. The molecule has 180 valence electrons. The first-order chi connectivity index (χ1) is 16.9. The molecule has 1 aromatic heterocycles. The molecule has 0 saturated carbocycles. The SMILES string of the molecule is C=CCNC(=O)c1cc(Sc2ccc(NC(=O)NC(=O)c3cc(OC)cc(OC)c3)cc2)ccn1. The van der Waals surface area contributed by atoms with Crippen LogP contribution < -0.4 is 25.4 Å². The average Bonchev–Trinajstić information content (AvgIpc) is 2.88. The van der Waals surface area contributed by atoms with E-state index in [0.717, 1.165) is 9.79 Å². The number of pyridine rings is 1. The van der Waals surface area contributed by atoms with Gasteiger partial charge in [-0.25, -0.2) is 4.79 Å². The predicted octanol–water partition coefficient (Wildman–Crippen LogP) is 4.13. The van der Waals surface area contributed by atoms with Crippen molar-refractivity contribution in [2.75, 3.05) is 26.1 Å². The van der Waals surface area contributed by atoms with Crippen LogP contribution in [0.25, 0.3) is 0 Å². The summed E-state index contributed by atoms with van der Waals surface area (Å²) in [5.41, 5.74) is 1.03. The first-order valence-corrected chi connectivity index (χ1v) is 11.2. The van der Waals surface area contributed by atoms with Crippen molar-refractivity contribution < 1.29 is 23.9 Å². The third-order valence-electron chi connectivity index (χ3n) is 4.56. The van der Waals surface area contributed by atoms with Crippen molar-refractivity contribution >= 4 is 35.3 Å². The monoisotopic (exact) mass is 492 g/mol. The smallest absolute Gasteiger partial charge is 0.326 e. The minimum atomic E-state index is -0.679. The van der Waals surface area contributed by atoms with Gasteiger partial charge in [-0.05, 0) is 48.5 Å². The number of imide groups is 1. The molecule has 2 aromatic carbocycles.